The lowest BCUT2D eigenvalue weighted by atomic mass is 9.82. The van der Waals surface area contributed by atoms with Gasteiger partial charge in [0, 0.05) is 11.1 Å². The Balaban J connectivity index is 0.000000287. The smallest absolute Gasteiger partial charge is 0.340 e. The van der Waals surface area contributed by atoms with Crippen LogP contribution in [-0.2, 0) is 19.1 Å². The van der Waals surface area contributed by atoms with Crippen LogP contribution in [0.4, 0.5) is 0 Å². The quantitative estimate of drug-likeness (QED) is 0.0597. The zero-order valence-electron chi connectivity index (χ0n) is 37.4. The number of esters is 2. The molecule has 6 aromatic carbocycles. The molecule has 0 saturated carbocycles. The van der Waals surface area contributed by atoms with Crippen LogP contribution in [-0.4, -0.2) is 64.0 Å². The number of nitriles is 1. The van der Waals surface area contributed by atoms with Gasteiger partial charge in [-0.05, 0) is 121 Å². The van der Waals surface area contributed by atoms with E-state index < -0.39 is 17.9 Å². The Hall–Kier alpha value is -7.28. The molecule has 15 heteroatoms. The van der Waals surface area contributed by atoms with E-state index in [9.17, 15) is 14.4 Å². The third-order valence-electron chi connectivity index (χ3n) is 9.38. The molecule has 0 aromatic heterocycles. The summed E-state index contributed by atoms with van der Waals surface area (Å²) in [6.07, 6.45) is 3.90. The Morgan fingerprint density at radius 1 is 0.779 bits per heavy atom. The molecule has 0 aliphatic carbocycles. The summed E-state index contributed by atoms with van der Waals surface area (Å²) in [7, 11) is 3.09. The summed E-state index contributed by atoms with van der Waals surface area (Å²) in [6, 6.07) is 33.9. The highest BCUT2D eigenvalue weighted by Gasteiger charge is 2.36. The molecule has 0 fully saturated rings. The second kappa shape index (κ2) is 28.0. The number of hydrogen-bond donors (Lipinski definition) is 2. The highest BCUT2D eigenvalue weighted by atomic mass is 79.9. The van der Waals surface area contributed by atoms with Crippen molar-refractivity contribution in [2.24, 2.45) is 5.73 Å². The van der Waals surface area contributed by atoms with Gasteiger partial charge in [0.1, 0.15) is 43.0 Å². The summed E-state index contributed by atoms with van der Waals surface area (Å²) in [5.74, 6) is 1.57. The monoisotopic (exact) mass is 1050 g/mol. The predicted octanol–water partition coefficient (Wildman–Crippen LogP) is 11.9. The number of phenolic OH excluding ortho intramolecular Hbond substituents is 1. The van der Waals surface area contributed by atoms with E-state index in [0.717, 1.165) is 39.0 Å². The number of nitrogens with zero attached hydrogens (tertiary/aromatic N) is 1. The van der Waals surface area contributed by atoms with E-state index in [2.05, 4.69) is 49.8 Å². The number of aldehydes is 1. The summed E-state index contributed by atoms with van der Waals surface area (Å²) in [5.41, 5.74) is 8.63. The molecule has 0 bridgehead atoms. The van der Waals surface area contributed by atoms with E-state index in [0.29, 0.717) is 68.8 Å². The average Bonchev–Trinajstić information content (AvgIpc) is 3.32. The van der Waals surface area contributed by atoms with Crippen molar-refractivity contribution in [2.45, 2.75) is 33.6 Å². The molecule has 1 aliphatic rings. The van der Waals surface area contributed by atoms with Crippen LogP contribution in [0.5, 0.6) is 34.5 Å². The standard InChI is InChI=1S/C26H24BrNO5.C11H11BrO3.C10H8O.C5H7NO2.CH4/c1-4-10-32-24-19(27)12-17(14-21(24)30-3)22-18-11-15-8-6-7-9-16(15)13-20(18)33-25(28)23(22)26(29)31-5-2;1-3-4-15-11-9(12)5-8(7-13)6-10(11)14-2;11-10-6-5-8-3-1-2-4-9(8)7-10;1-2-8-5(7)3-4-6;/h4,6-9,11-14,22H,1,5,10,28H2,2-3H3;3,5-7H,1,4H2,2H3;1-7,11H;2-3H2,1H3;1H4. The first kappa shape index (κ1) is 55.1. The summed E-state index contributed by atoms with van der Waals surface area (Å²) < 4.78 is 38.9. The molecule has 1 aliphatic heterocycles. The molecule has 0 saturated heterocycles. The van der Waals surface area contributed by atoms with Crippen LogP contribution >= 0.6 is 31.9 Å². The minimum absolute atomic E-state index is 0. The molecule has 0 spiro atoms. The van der Waals surface area contributed by atoms with Gasteiger partial charge in [-0.3, -0.25) is 9.59 Å². The van der Waals surface area contributed by atoms with Crippen molar-refractivity contribution >= 4 is 71.6 Å². The number of methoxy groups -OCH3 is 2. The van der Waals surface area contributed by atoms with Gasteiger partial charge in [-0.2, -0.15) is 5.26 Å². The van der Waals surface area contributed by atoms with Gasteiger partial charge in [0.15, 0.2) is 23.0 Å². The lowest BCUT2D eigenvalue weighted by Gasteiger charge is -2.29. The van der Waals surface area contributed by atoms with Crippen molar-refractivity contribution in [3.05, 3.63) is 166 Å². The number of carbonyl (C=O) groups is 3. The number of rotatable bonds is 14. The zero-order chi connectivity index (χ0) is 48.9. The number of phenols is 1. The van der Waals surface area contributed by atoms with Crippen molar-refractivity contribution in [2.75, 3.05) is 40.6 Å². The Morgan fingerprint density at radius 2 is 1.32 bits per heavy atom. The zero-order valence-corrected chi connectivity index (χ0v) is 40.6. The van der Waals surface area contributed by atoms with E-state index in [1.54, 1.807) is 63.4 Å². The van der Waals surface area contributed by atoms with E-state index in [1.165, 1.54) is 7.11 Å². The van der Waals surface area contributed by atoms with Crippen molar-refractivity contribution < 1.29 is 52.6 Å². The minimum Gasteiger partial charge on any atom is -0.508 e. The van der Waals surface area contributed by atoms with Crippen LogP contribution in [0.2, 0.25) is 0 Å². The topological polar surface area (TPSA) is 186 Å². The maximum Gasteiger partial charge on any atom is 0.340 e. The van der Waals surface area contributed by atoms with Gasteiger partial charge >= 0.3 is 11.9 Å². The van der Waals surface area contributed by atoms with E-state index >= 15 is 0 Å². The highest BCUT2D eigenvalue weighted by molar-refractivity contribution is 9.11. The number of aromatic hydroxyl groups is 1. The molecular weight excluding hydrogens is 1000 g/mol. The second-order valence-electron chi connectivity index (χ2n) is 13.8. The summed E-state index contributed by atoms with van der Waals surface area (Å²) in [6.45, 7) is 12.0. The normalized spacial score (nSPS) is 11.9. The molecule has 68 heavy (non-hydrogen) atoms. The average molecular weight is 1050 g/mol. The van der Waals surface area contributed by atoms with Crippen molar-refractivity contribution in [1.82, 2.24) is 0 Å². The van der Waals surface area contributed by atoms with Crippen LogP contribution in [0.15, 0.2) is 149 Å². The second-order valence-corrected chi connectivity index (χ2v) is 15.5. The van der Waals surface area contributed by atoms with Gasteiger partial charge in [0.25, 0.3) is 0 Å². The number of carbonyl (C=O) groups excluding carboxylic acids is 3. The fourth-order valence-electron chi connectivity index (χ4n) is 6.53. The van der Waals surface area contributed by atoms with Crippen molar-refractivity contribution in [3.63, 3.8) is 0 Å². The molecule has 1 atom stereocenters. The molecule has 1 unspecified atom stereocenters. The first-order chi connectivity index (χ1) is 32.4. The van der Waals surface area contributed by atoms with Crippen LogP contribution < -0.4 is 29.4 Å². The number of ether oxygens (including phenoxy) is 7. The fourth-order valence-corrected chi connectivity index (χ4v) is 7.68. The largest absolute Gasteiger partial charge is 0.508 e. The molecule has 356 valence electrons. The van der Waals surface area contributed by atoms with Gasteiger partial charge in [0.2, 0.25) is 5.88 Å². The molecule has 6 aromatic rings. The molecule has 7 rings (SSSR count). The van der Waals surface area contributed by atoms with Crippen LogP contribution in [0, 0.1) is 11.3 Å². The Kier molecular flexibility index (Phi) is 22.7. The lowest BCUT2D eigenvalue weighted by Crippen LogP contribution is -2.27. The maximum atomic E-state index is 13.0. The third-order valence-corrected chi connectivity index (χ3v) is 10.6. The molecule has 0 radical (unpaired) electrons. The third kappa shape index (κ3) is 14.9. The number of benzene rings is 6. The van der Waals surface area contributed by atoms with Crippen molar-refractivity contribution in [1.29, 1.82) is 5.26 Å². The fraction of sp³-hybridized carbons (Fsp3) is 0.208. The SMILES string of the molecule is C.C=CCOc1c(Br)cc(C2C(C(=O)OCC)=C(N)Oc3cc4ccccc4cc32)cc1OC.C=CCOc1c(Br)cc(C=O)cc1OC.CCOC(=O)CC#N.Oc1ccc2ccccc2c1. The van der Waals surface area contributed by atoms with E-state index in [-0.39, 0.29) is 31.9 Å². The van der Waals surface area contributed by atoms with E-state index in [1.807, 2.05) is 78.9 Å². The Bertz CT molecular complexity index is 2780. The molecule has 3 N–H and O–H groups in total. The Labute approximate surface area is 413 Å². The van der Waals surface area contributed by atoms with E-state index in [4.69, 9.17) is 44.5 Å². The number of hydrogen-bond acceptors (Lipinski definition) is 13. The first-order valence-corrected chi connectivity index (χ1v) is 22.2. The molecule has 1 heterocycles. The number of nitrogens with two attached hydrogens (primary N) is 1. The summed E-state index contributed by atoms with van der Waals surface area (Å²) in [5, 5.41) is 21.3. The number of halogens is 2. The van der Waals surface area contributed by atoms with Crippen LogP contribution in [0.3, 0.4) is 0 Å². The molecule has 0 amide bonds. The Morgan fingerprint density at radius 3 is 1.87 bits per heavy atom. The minimum atomic E-state index is -0.531. The van der Waals surface area contributed by atoms with Gasteiger partial charge in [-0.25, -0.2) is 4.79 Å². The first-order valence-electron chi connectivity index (χ1n) is 20.6. The van der Waals surface area contributed by atoms with Gasteiger partial charge in [-0.1, -0.05) is 87.3 Å². The van der Waals surface area contributed by atoms with Crippen molar-refractivity contribution in [3.8, 4) is 40.6 Å². The molecular formula is C53H54Br2N2O11. The van der Waals surface area contributed by atoms with Gasteiger partial charge < -0.3 is 44.0 Å². The highest BCUT2D eigenvalue weighted by Crippen LogP contribution is 2.48. The van der Waals surface area contributed by atoms with Crippen LogP contribution in [0.1, 0.15) is 55.1 Å². The summed E-state index contributed by atoms with van der Waals surface area (Å²) in [4.78, 5) is 33.8. The predicted molar refractivity (Wildman–Crippen MR) is 272 cm³/mol. The van der Waals surface area contributed by atoms with Crippen LogP contribution in [0.25, 0.3) is 21.5 Å². The van der Waals surface area contributed by atoms with Gasteiger partial charge in [-0.15, -0.1) is 0 Å². The summed E-state index contributed by atoms with van der Waals surface area (Å²) >= 11 is 6.90. The number of fused-ring (bicyclic) bond motifs is 3. The maximum absolute atomic E-state index is 13.0. The van der Waals surface area contributed by atoms with Gasteiger partial charge in [0.05, 0.1) is 48.4 Å². The lowest BCUT2D eigenvalue weighted by molar-refractivity contribution is -0.142. The molecule has 13 nitrogen and oxygen atoms in total.